The third-order valence-electron chi connectivity index (χ3n) is 1.53. The number of hydrogen-bond acceptors (Lipinski definition) is 2. The summed E-state index contributed by atoms with van der Waals surface area (Å²) in [7, 11) is 0. The summed E-state index contributed by atoms with van der Waals surface area (Å²) in [6.07, 6.45) is 4.93. The van der Waals surface area contributed by atoms with Crippen molar-refractivity contribution in [3.8, 4) is 6.07 Å². The maximum absolute atomic E-state index is 8.54. The zero-order valence-corrected chi connectivity index (χ0v) is 7.38. The summed E-state index contributed by atoms with van der Waals surface area (Å²) in [5.74, 6) is 0.0202. The number of unbranched alkanes of at least 4 members (excludes halogenated alkanes) is 1. The minimum Gasteiger partial charge on any atom is -0.296 e. The predicted molar refractivity (Wildman–Crippen MR) is 47.7 cm³/mol. The van der Waals surface area contributed by atoms with Crippen molar-refractivity contribution in [2.24, 2.45) is 10.9 Å². The molecule has 0 amide bonds. The summed E-state index contributed by atoms with van der Waals surface area (Å²) < 4.78 is 0. The first-order valence-corrected chi connectivity index (χ1v) is 4.24. The lowest BCUT2D eigenvalue weighted by atomic mass is 10.1. The lowest BCUT2D eigenvalue weighted by molar-refractivity contribution is 0.792. The van der Waals surface area contributed by atoms with Crippen molar-refractivity contribution in [1.29, 1.82) is 5.26 Å². The van der Waals surface area contributed by atoms with Gasteiger partial charge in [0.15, 0.2) is 0 Å². The fourth-order valence-corrected chi connectivity index (χ4v) is 0.681. The van der Waals surface area contributed by atoms with Crippen LogP contribution in [0.15, 0.2) is 4.99 Å². The number of nitrogens with zero attached hydrogens (tertiary/aromatic N) is 2. The Morgan fingerprint density at radius 2 is 2.27 bits per heavy atom. The summed E-state index contributed by atoms with van der Waals surface area (Å²) >= 11 is 0. The zero-order chi connectivity index (χ0) is 8.53. The molecule has 0 aliphatic carbocycles. The molecule has 0 bridgehead atoms. The summed E-state index contributed by atoms with van der Waals surface area (Å²) in [5.41, 5.74) is 0. The van der Waals surface area contributed by atoms with Gasteiger partial charge in [0.2, 0.25) is 0 Å². The molecule has 2 nitrogen and oxygen atoms in total. The van der Waals surface area contributed by atoms with E-state index in [9.17, 15) is 0 Å². The van der Waals surface area contributed by atoms with E-state index in [1.54, 1.807) is 6.21 Å². The number of nitriles is 1. The van der Waals surface area contributed by atoms with E-state index in [2.05, 4.69) is 18.0 Å². The molecule has 1 unspecified atom stereocenters. The Bertz CT molecular complexity index is 144. The molecule has 62 valence electrons. The first-order chi connectivity index (χ1) is 5.35. The van der Waals surface area contributed by atoms with E-state index in [0.717, 1.165) is 19.4 Å². The Kier molecular flexibility index (Phi) is 6.71. The van der Waals surface area contributed by atoms with Crippen LogP contribution in [0.3, 0.4) is 0 Å². The molecule has 2 heteroatoms. The standard InChI is InChI=1S/C9H16N2/c1-3-5-6-11-8-9(4-2)7-10/h8-9H,3-6H2,1-2H3/b11-8+. The van der Waals surface area contributed by atoms with Gasteiger partial charge in [-0.05, 0) is 12.8 Å². The second kappa shape index (κ2) is 7.27. The Hall–Kier alpha value is -0.840. The zero-order valence-electron chi connectivity index (χ0n) is 7.38. The van der Waals surface area contributed by atoms with E-state index in [0.29, 0.717) is 0 Å². The SMILES string of the molecule is CCCC/N=C/C(C#N)CC. The highest BCUT2D eigenvalue weighted by atomic mass is 14.7. The molecule has 0 N–H and O–H groups in total. The van der Waals surface area contributed by atoms with Gasteiger partial charge in [-0.15, -0.1) is 0 Å². The van der Waals surface area contributed by atoms with Gasteiger partial charge >= 0.3 is 0 Å². The fourth-order valence-electron chi connectivity index (χ4n) is 0.681. The molecule has 0 aliphatic rings. The van der Waals surface area contributed by atoms with Crippen LogP contribution in [0.5, 0.6) is 0 Å². The van der Waals surface area contributed by atoms with Crippen molar-refractivity contribution in [2.45, 2.75) is 33.1 Å². The van der Waals surface area contributed by atoms with Crippen LogP contribution >= 0.6 is 0 Å². The van der Waals surface area contributed by atoms with E-state index in [1.165, 1.54) is 6.42 Å². The summed E-state index contributed by atoms with van der Waals surface area (Å²) in [6.45, 7) is 5.01. The monoisotopic (exact) mass is 152 g/mol. The van der Waals surface area contributed by atoms with Crippen LogP contribution in [0.25, 0.3) is 0 Å². The predicted octanol–water partition coefficient (Wildman–Crippen LogP) is 2.41. The Balaban J connectivity index is 3.47. The van der Waals surface area contributed by atoms with Crippen molar-refractivity contribution in [2.75, 3.05) is 6.54 Å². The van der Waals surface area contributed by atoms with Crippen LogP contribution in [-0.4, -0.2) is 12.8 Å². The van der Waals surface area contributed by atoms with Crippen LogP contribution in [0.1, 0.15) is 33.1 Å². The van der Waals surface area contributed by atoms with Gasteiger partial charge in [0, 0.05) is 12.8 Å². The summed E-state index contributed by atoms with van der Waals surface area (Å²) in [6, 6.07) is 2.18. The number of rotatable bonds is 5. The highest BCUT2D eigenvalue weighted by Crippen LogP contribution is 1.96. The molecule has 0 saturated heterocycles. The topological polar surface area (TPSA) is 36.1 Å². The highest BCUT2D eigenvalue weighted by molar-refractivity contribution is 5.63. The van der Waals surface area contributed by atoms with Crippen molar-refractivity contribution < 1.29 is 0 Å². The second-order valence-electron chi connectivity index (χ2n) is 2.55. The van der Waals surface area contributed by atoms with Gasteiger partial charge in [-0.25, -0.2) is 0 Å². The first-order valence-electron chi connectivity index (χ1n) is 4.24. The highest BCUT2D eigenvalue weighted by Gasteiger charge is 1.96. The summed E-state index contributed by atoms with van der Waals surface area (Å²) in [5, 5.41) is 8.54. The lowest BCUT2D eigenvalue weighted by Crippen LogP contribution is -1.96. The smallest absolute Gasteiger partial charge is 0.0808 e. The molecule has 0 spiro atoms. The largest absolute Gasteiger partial charge is 0.296 e. The van der Waals surface area contributed by atoms with Gasteiger partial charge in [0.25, 0.3) is 0 Å². The Morgan fingerprint density at radius 1 is 1.55 bits per heavy atom. The van der Waals surface area contributed by atoms with Crippen molar-refractivity contribution in [1.82, 2.24) is 0 Å². The van der Waals surface area contributed by atoms with E-state index in [4.69, 9.17) is 5.26 Å². The van der Waals surface area contributed by atoms with Gasteiger partial charge in [-0.3, -0.25) is 4.99 Å². The van der Waals surface area contributed by atoms with Gasteiger partial charge in [-0.2, -0.15) is 5.26 Å². The summed E-state index contributed by atoms with van der Waals surface area (Å²) in [4.78, 5) is 4.16. The van der Waals surface area contributed by atoms with Crippen molar-refractivity contribution >= 4 is 6.21 Å². The molecule has 0 heterocycles. The van der Waals surface area contributed by atoms with Gasteiger partial charge in [0.05, 0.1) is 12.0 Å². The molecule has 0 radical (unpaired) electrons. The molecule has 1 atom stereocenters. The van der Waals surface area contributed by atoms with Crippen LogP contribution < -0.4 is 0 Å². The van der Waals surface area contributed by atoms with Crippen LogP contribution in [-0.2, 0) is 0 Å². The second-order valence-corrected chi connectivity index (χ2v) is 2.55. The molecular formula is C9H16N2. The minimum atomic E-state index is 0.0202. The molecule has 0 rings (SSSR count). The molecule has 11 heavy (non-hydrogen) atoms. The quantitative estimate of drug-likeness (QED) is 0.440. The van der Waals surface area contributed by atoms with Crippen LogP contribution in [0.4, 0.5) is 0 Å². The molecule has 0 aromatic heterocycles. The maximum Gasteiger partial charge on any atom is 0.0808 e. The number of hydrogen-bond donors (Lipinski definition) is 0. The minimum absolute atomic E-state index is 0.0202. The van der Waals surface area contributed by atoms with Crippen LogP contribution in [0.2, 0.25) is 0 Å². The molecule has 0 aromatic rings. The molecule has 0 aromatic carbocycles. The van der Waals surface area contributed by atoms with E-state index in [-0.39, 0.29) is 5.92 Å². The van der Waals surface area contributed by atoms with E-state index >= 15 is 0 Å². The molecule has 0 fully saturated rings. The van der Waals surface area contributed by atoms with Gasteiger partial charge in [-0.1, -0.05) is 20.3 Å². The van der Waals surface area contributed by atoms with Gasteiger partial charge in [0.1, 0.15) is 0 Å². The lowest BCUT2D eigenvalue weighted by Gasteiger charge is -1.95. The number of aliphatic imine (C=N–C) groups is 1. The Labute approximate surface area is 68.9 Å². The fraction of sp³-hybridized carbons (Fsp3) is 0.778. The molecule has 0 aliphatic heterocycles. The van der Waals surface area contributed by atoms with E-state index < -0.39 is 0 Å². The van der Waals surface area contributed by atoms with Gasteiger partial charge < -0.3 is 0 Å². The third-order valence-corrected chi connectivity index (χ3v) is 1.53. The molecular weight excluding hydrogens is 136 g/mol. The van der Waals surface area contributed by atoms with E-state index in [1.807, 2.05) is 6.92 Å². The maximum atomic E-state index is 8.54. The third kappa shape index (κ3) is 5.60. The normalized spacial score (nSPS) is 13.2. The Morgan fingerprint density at radius 3 is 2.73 bits per heavy atom. The first kappa shape index (κ1) is 10.2. The molecule has 0 saturated carbocycles. The van der Waals surface area contributed by atoms with Crippen molar-refractivity contribution in [3.05, 3.63) is 0 Å². The van der Waals surface area contributed by atoms with Crippen molar-refractivity contribution in [3.63, 3.8) is 0 Å². The average Bonchev–Trinajstić information content (AvgIpc) is 2.05. The average molecular weight is 152 g/mol. The van der Waals surface area contributed by atoms with Crippen LogP contribution in [0, 0.1) is 17.2 Å².